The third-order valence-corrected chi connectivity index (χ3v) is 4.39. The van der Waals surface area contributed by atoms with E-state index in [4.69, 9.17) is 0 Å². The molecule has 2 rings (SSSR count). The lowest BCUT2D eigenvalue weighted by Gasteiger charge is -2.09. The predicted octanol–water partition coefficient (Wildman–Crippen LogP) is 1.70. The van der Waals surface area contributed by atoms with E-state index in [1.165, 1.54) is 12.3 Å². The Morgan fingerprint density at radius 1 is 1.19 bits per heavy atom. The summed E-state index contributed by atoms with van der Waals surface area (Å²) < 4.78 is 26.9. The summed E-state index contributed by atoms with van der Waals surface area (Å²) in [5.41, 5.74) is 1.84. The summed E-state index contributed by atoms with van der Waals surface area (Å²) in [6, 6.07) is 5.02. The van der Waals surface area contributed by atoms with E-state index < -0.39 is 10.0 Å². The first-order valence-electron chi connectivity index (χ1n) is 6.62. The molecule has 112 valence electrons. The number of hydrogen-bond donors (Lipinski definition) is 2. The zero-order valence-electron chi connectivity index (χ0n) is 12.0. The molecule has 0 atom stereocenters. The molecule has 0 amide bonds. The Hall–Kier alpha value is -1.99. The van der Waals surface area contributed by atoms with Crippen molar-refractivity contribution < 1.29 is 8.42 Å². The van der Waals surface area contributed by atoms with E-state index in [0.717, 1.165) is 17.7 Å². The quantitative estimate of drug-likeness (QED) is 0.848. The highest BCUT2D eigenvalue weighted by molar-refractivity contribution is 7.89. The molecule has 7 heteroatoms. The third kappa shape index (κ3) is 3.99. The van der Waals surface area contributed by atoms with Gasteiger partial charge in [-0.05, 0) is 43.2 Å². The number of anilines is 1. The fraction of sp³-hybridized carbons (Fsp3) is 0.286. The number of pyridine rings is 2. The van der Waals surface area contributed by atoms with E-state index in [0.29, 0.717) is 5.82 Å². The Morgan fingerprint density at radius 2 is 2.00 bits per heavy atom. The minimum atomic E-state index is -3.57. The van der Waals surface area contributed by atoms with Crippen LogP contribution in [0.3, 0.4) is 0 Å². The van der Waals surface area contributed by atoms with Crippen LogP contribution >= 0.6 is 0 Å². The molecule has 6 nitrogen and oxygen atoms in total. The Kier molecular flexibility index (Phi) is 4.87. The molecular weight excluding hydrogens is 288 g/mol. The molecular formula is C14H18N4O2S. The smallest absolute Gasteiger partial charge is 0.242 e. The van der Waals surface area contributed by atoms with E-state index in [1.807, 2.05) is 19.9 Å². The van der Waals surface area contributed by atoms with Crippen LogP contribution in [-0.4, -0.2) is 24.9 Å². The average molecular weight is 306 g/mol. The highest BCUT2D eigenvalue weighted by Gasteiger charge is 2.14. The van der Waals surface area contributed by atoms with Gasteiger partial charge in [-0.3, -0.25) is 4.98 Å². The largest absolute Gasteiger partial charge is 0.370 e. The topological polar surface area (TPSA) is 84.0 Å². The fourth-order valence-corrected chi connectivity index (χ4v) is 2.71. The second-order valence-electron chi connectivity index (χ2n) is 4.54. The zero-order valence-corrected chi connectivity index (χ0v) is 12.8. The average Bonchev–Trinajstić information content (AvgIpc) is 2.47. The van der Waals surface area contributed by atoms with Crippen molar-refractivity contribution in [3.8, 4) is 0 Å². The standard InChI is InChI=1S/C14H18N4O2S/c1-3-16-14-5-4-13(10-17-14)21(19,20)18-9-12-8-15-7-6-11(12)2/h4-8,10,18H,3,9H2,1-2H3,(H,16,17). The SMILES string of the molecule is CCNc1ccc(S(=O)(=O)NCc2cnccc2C)cn1. The normalized spacial score (nSPS) is 11.3. The van der Waals surface area contributed by atoms with Gasteiger partial charge in [-0.1, -0.05) is 0 Å². The maximum atomic E-state index is 12.2. The van der Waals surface area contributed by atoms with Gasteiger partial charge in [0, 0.05) is 31.7 Å². The highest BCUT2D eigenvalue weighted by Crippen LogP contribution is 2.12. The molecule has 0 aliphatic carbocycles. The number of aryl methyl sites for hydroxylation is 1. The Bertz CT molecular complexity index is 699. The van der Waals surface area contributed by atoms with Crippen molar-refractivity contribution in [3.05, 3.63) is 47.9 Å². The highest BCUT2D eigenvalue weighted by atomic mass is 32.2. The van der Waals surface area contributed by atoms with Crippen molar-refractivity contribution in [1.29, 1.82) is 0 Å². The Labute approximate surface area is 124 Å². The summed E-state index contributed by atoms with van der Waals surface area (Å²) >= 11 is 0. The summed E-state index contributed by atoms with van der Waals surface area (Å²) in [4.78, 5) is 8.20. The second kappa shape index (κ2) is 6.64. The van der Waals surface area contributed by atoms with Crippen LogP contribution in [0.2, 0.25) is 0 Å². The lowest BCUT2D eigenvalue weighted by Crippen LogP contribution is -2.23. The van der Waals surface area contributed by atoms with Crippen molar-refractivity contribution in [2.24, 2.45) is 0 Å². The molecule has 0 bridgehead atoms. The van der Waals surface area contributed by atoms with E-state index in [-0.39, 0.29) is 11.4 Å². The number of nitrogens with one attached hydrogen (secondary N) is 2. The maximum absolute atomic E-state index is 12.2. The van der Waals surface area contributed by atoms with Crippen LogP contribution in [0, 0.1) is 6.92 Å². The van der Waals surface area contributed by atoms with Crippen LogP contribution in [0.5, 0.6) is 0 Å². The van der Waals surface area contributed by atoms with E-state index in [1.54, 1.807) is 18.5 Å². The number of rotatable bonds is 6. The van der Waals surface area contributed by atoms with Gasteiger partial charge in [0.1, 0.15) is 10.7 Å². The van der Waals surface area contributed by atoms with Crippen LogP contribution in [0.15, 0.2) is 41.7 Å². The number of nitrogens with zero attached hydrogens (tertiary/aromatic N) is 2. The molecule has 0 aliphatic heterocycles. The van der Waals surface area contributed by atoms with Gasteiger partial charge < -0.3 is 5.32 Å². The van der Waals surface area contributed by atoms with Gasteiger partial charge in [0.15, 0.2) is 0 Å². The molecule has 2 aromatic rings. The van der Waals surface area contributed by atoms with E-state index >= 15 is 0 Å². The van der Waals surface area contributed by atoms with Gasteiger partial charge in [-0.2, -0.15) is 0 Å². The zero-order chi connectivity index (χ0) is 15.3. The molecule has 0 fully saturated rings. The van der Waals surface area contributed by atoms with Crippen molar-refractivity contribution in [3.63, 3.8) is 0 Å². The summed E-state index contributed by atoms with van der Waals surface area (Å²) in [6.07, 6.45) is 4.68. The van der Waals surface area contributed by atoms with Gasteiger partial charge in [0.2, 0.25) is 10.0 Å². The summed E-state index contributed by atoms with van der Waals surface area (Å²) in [7, 11) is -3.57. The lowest BCUT2D eigenvalue weighted by molar-refractivity contribution is 0.580. The first-order valence-corrected chi connectivity index (χ1v) is 8.10. The van der Waals surface area contributed by atoms with Crippen LogP contribution in [0.1, 0.15) is 18.1 Å². The molecule has 0 radical (unpaired) electrons. The molecule has 2 aromatic heterocycles. The lowest BCUT2D eigenvalue weighted by atomic mass is 10.2. The first kappa shape index (κ1) is 15.4. The van der Waals surface area contributed by atoms with Gasteiger partial charge in [0.05, 0.1) is 0 Å². The molecule has 0 saturated carbocycles. The molecule has 0 aliphatic rings. The third-order valence-electron chi connectivity index (χ3n) is 3.00. The monoisotopic (exact) mass is 306 g/mol. The molecule has 0 aromatic carbocycles. The second-order valence-corrected chi connectivity index (χ2v) is 6.30. The first-order chi connectivity index (χ1) is 10.0. The summed E-state index contributed by atoms with van der Waals surface area (Å²) in [5, 5.41) is 3.02. The van der Waals surface area contributed by atoms with Crippen molar-refractivity contribution in [2.45, 2.75) is 25.3 Å². The van der Waals surface area contributed by atoms with Crippen LogP contribution in [0.4, 0.5) is 5.82 Å². The van der Waals surface area contributed by atoms with Gasteiger partial charge >= 0.3 is 0 Å². The summed E-state index contributed by atoms with van der Waals surface area (Å²) in [5.74, 6) is 0.652. The molecule has 0 saturated heterocycles. The van der Waals surface area contributed by atoms with Crippen molar-refractivity contribution in [2.75, 3.05) is 11.9 Å². The Balaban J connectivity index is 2.09. The van der Waals surface area contributed by atoms with Crippen LogP contribution in [-0.2, 0) is 16.6 Å². The van der Waals surface area contributed by atoms with Crippen molar-refractivity contribution >= 4 is 15.8 Å². The predicted molar refractivity (Wildman–Crippen MR) is 81.4 cm³/mol. The van der Waals surface area contributed by atoms with Crippen LogP contribution in [0.25, 0.3) is 0 Å². The molecule has 0 unspecified atom stereocenters. The number of aromatic nitrogens is 2. The maximum Gasteiger partial charge on any atom is 0.242 e. The minimum Gasteiger partial charge on any atom is -0.370 e. The minimum absolute atomic E-state index is 0.144. The van der Waals surface area contributed by atoms with Gasteiger partial charge in [-0.15, -0.1) is 0 Å². The fourth-order valence-electron chi connectivity index (χ4n) is 1.76. The number of sulfonamides is 1. The van der Waals surface area contributed by atoms with E-state index in [9.17, 15) is 8.42 Å². The summed E-state index contributed by atoms with van der Waals surface area (Å²) in [6.45, 7) is 4.80. The van der Waals surface area contributed by atoms with E-state index in [2.05, 4.69) is 20.0 Å². The van der Waals surface area contributed by atoms with Crippen LogP contribution < -0.4 is 10.0 Å². The molecule has 2 N–H and O–H groups in total. The molecule has 0 spiro atoms. The molecule has 21 heavy (non-hydrogen) atoms. The van der Waals surface area contributed by atoms with Gasteiger partial charge in [0.25, 0.3) is 0 Å². The number of hydrogen-bond acceptors (Lipinski definition) is 5. The van der Waals surface area contributed by atoms with Crippen molar-refractivity contribution in [1.82, 2.24) is 14.7 Å². The Morgan fingerprint density at radius 3 is 2.62 bits per heavy atom. The molecule has 2 heterocycles. The van der Waals surface area contributed by atoms with Gasteiger partial charge in [-0.25, -0.2) is 18.1 Å².